The highest BCUT2D eigenvalue weighted by atomic mass is 32.1. The first-order valence-electron chi connectivity index (χ1n) is 5.69. The van der Waals surface area contributed by atoms with E-state index in [1.807, 2.05) is 24.3 Å². The molecule has 0 aliphatic carbocycles. The van der Waals surface area contributed by atoms with Crippen LogP contribution in [0.5, 0.6) is 0 Å². The van der Waals surface area contributed by atoms with Gasteiger partial charge in [0, 0.05) is 0 Å². The van der Waals surface area contributed by atoms with Gasteiger partial charge >= 0.3 is 0 Å². The Kier molecular flexibility index (Phi) is 4.07. The van der Waals surface area contributed by atoms with Crippen LogP contribution in [0, 0.1) is 0 Å². The first-order valence-corrected chi connectivity index (χ1v) is 6.51. The van der Waals surface area contributed by atoms with Gasteiger partial charge in [-0.3, -0.25) is 4.79 Å². The Morgan fingerprint density at radius 2 is 2.33 bits per heavy atom. The molecule has 2 rings (SSSR count). The third-order valence-electron chi connectivity index (χ3n) is 2.51. The van der Waals surface area contributed by atoms with Crippen LogP contribution in [0.2, 0.25) is 0 Å². The lowest BCUT2D eigenvalue weighted by Gasteiger charge is -2.08. The van der Waals surface area contributed by atoms with E-state index in [0.717, 1.165) is 15.2 Å². The Balaban J connectivity index is 1.97. The molecule has 0 radical (unpaired) electrons. The molecule has 0 aliphatic heterocycles. The molecule has 1 unspecified atom stereocenters. The summed E-state index contributed by atoms with van der Waals surface area (Å²) in [7, 11) is 0. The molecule has 94 valence electrons. The van der Waals surface area contributed by atoms with E-state index in [2.05, 4.69) is 16.9 Å². The van der Waals surface area contributed by atoms with Crippen LogP contribution >= 0.6 is 11.3 Å². The van der Waals surface area contributed by atoms with E-state index in [1.54, 1.807) is 17.4 Å². The number of aromatic nitrogens is 1. The van der Waals surface area contributed by atoms with Crippen molar-refractivity contribution in [1.29, 1.82) is 0 Å². The van der Waals surface area contributed by atoms with Crippen LogP contribution in [0.25, 0.3) is 10.2 Å². The summed E-state index contributed by atoms with van der Waals surface area (Å²) in [5.41, 5.74) is 6.63. The number of thiazole rings is 1. The van der Waals surface area contributed by atoms with Gasteiger partial charge in [0.25, 0.3) is 0 Å². The van der Waals surface area contributed by atoms with Crippen molar-refractivity contribution in [3.8, 4) is 0 Å². The lowest BCUT2D eigenvalue weighted by atomic mass is 10.2. The molecule has 1 heterocycles. The third-order valence-corrected chi connectivity index (χ3v) is 3.55. The predicted molar refractivity (Wildman–Crippen MR) is 74.3 cm³/mol. The minimum Gasteiger partial charge on any atom is -0.348 e. The number of nitrogens with one attached hydrogen (secondary N) is 1. The van der Waals surface area contributed by atoms with E-state index in [-0.39, 0.29) is 5.91 Å². The second-order valence-electron chi connectivity index (χ2n) is 3.92. The number of nitrogens with zero attached hydrogens (tertiary/aromatic N) is 1. The standard InChI is InChI=1S/C13H15N3OS/c1-2-5-9(14)13(17)15-8-12-16-10-6-3-4-7-11(10)18-12/h2-4,6-7,9H,1,5,8,14H2,(H,15,17). The van der Waals surface area contributed by atoms with Gasteiger partial charge in [-0.25, -0.2) is 4.98 Å². The van der Waals surface area contributed by atoms with Gasteiger partial charge in [-0.1, -0.05) is 18.2 Å². The number of benzene rings is 1. The predicted octanol–water partition coefficient (Wildman–Crippen LogP) is 1.82. The summed E-state index contributed by atoms with van der Waals surface area (Å²) >= 11 is 1.58. The highest BCUT2D eigenvalue weighted by Crippen LogP contribution is 2.21. The van der Waals surface area contributed by atoms with Crippen LogP contribution < -0.4 is 11.1 Å². The Morgan fingerprint density at radius 1 is 1.56 bits per heavy atom. The lowest BCUT2D eigenvalue weighted by molar-refractivity contribution is -0.122. The molecule has 18 heavy (non-hydrogen) atoms. The number of carbonyl (C=O) groups is 1. The van der Waals surface area contributed by atoms with E-state index in [9.17, 15) is 4.79 Å². The summed E-state index contributed by atoms with van der Waals surface area (Å²) in [5, 5.41) is 3.67. The zero-order valence-corrected chi connectivity index (χ0v) is 10.7. The molecule has 4 nitrogen and oxygen atoms in total. The molecule has 0 bridgehead atoms. The SMILES string of the molecule is C=CCC(N)C(=O)NCc1nc2ccccc2s1. The second-order valence-corrected chi connectivity index (χ2v) is 5.04. The normalized spacial score (nSPS) is 12.3. The number of amides is 1. The van der Waals surface area contributed by atoms with Crippen LogP contribution in [-0.2, 0) is 11.3 Å². The Hall–Kier alpha value is -1.72. The molecule has 1 aromatic heterocycles. The summed E-state index contributed by atoms with van der Waals surface area (Å²) in [5.74, 6) is -0.172. The van der Waals surface area contributed by atoms with E-state index < -0.39 is 6.04 Å². The van der Waals surface area contributed by atoms with Gasteiger partial charge < -0.3 is 11.1 Å². The highest BCUT2D eigenvalue weighted by Gasteiger charge is 2.12. The Bertz CT molecular complexity index is 531. The number of rotatable bonds is 5. The van der Waals surface area contributed by atoms with Crippen molar-refractivity contribution in [1.82, 2.24) is 10.3 Å². The number of hydrogen-bond donors (Lipinski definition) is 2. The fourth-order valence-corrected chi connectivity index (χ4v) is 2.48. The van der Waals surface area contributed by atoms with Crippen LogP contribution in [0.15, 0.2) is 36.9 Å². The van der Waals surface area contributed by atoms with Gasteiger partial charge in [0.15, 0.2) is 0 Å². The maximum atomic E-state index is 11.6. The fraction of sp³-hybridized carbons (Fsp3) is 0.231. The molecule has 0 aliphatic rings. The highest BCUT2D eigenvalue weighted by molar-refractivity contribution is 7.18. The summed E-state index contributed by atoms with van der Waals surface area (Å²) in [6.07, 6.45) is 2.12. The monoisotopic (exact) mass is 261 g/mol. The van der Waals surface area contributed by atoms with Crippen molar-refractivity contribution in [2.75, 3.05) is 0 Å². The van der Waals surface area contributed by atoms with Crippen molar-refractivity contribution < 1.29 is 4.79 Å². The zero-order chi connectivity index (χ0) is 13.0. The average molecular weight is 261 g/mol. The molecule has 1 aromatic carbocycles. The van der Waals surface area contributed by atoms with Crippen molar-refractivity contribution >= 4 is 27.5 Å². The fourth-order valence-electron chi connectivity index (χ4n) is 1.58. The average Bonchev–Trinajstić information content (AvgIpc) is 2.78. The van der Waals surface area contributed by atoms with Gasteiger partial charge in [0.1, 0.15) is 5.01 Å². The first kappa shape index (κ1) is 12.7. The minimum absolute atomic E-state index is 0.172. The van der Waals surface area contributed by atoms with Crippen LogP contribution in [0.4, 0.5) is 0 Å². The molecule has 1 atom stereocenters. The molecule has 1 amide bonds. The molecule has 0 spiro atoms. The molecular formula is C13H15N3OS. The van der Waals surface area contributed by atoms with Crippen LogP contribution in [0.1, 0.15) is 11.4 Å². The van der Waals surface area contributed by atoms with Gasteiger partial charge in [-0.2, -0.15) is 0 Å². The molecule has 3 N–H and O–H groups in total. The van der Waals surface area contributed by atoms with E-state index in [4.69, 9.17) is 5.73 Å². The molecule has 2 aromatic rings. The molecular weight excluding hydrogens is 246 g/mol. The Morgan fingerprint density at radius 3 is 3.06 bits per heavy atom. The summed E-state index contributed by atoms with van der Waals surface area (Å²) in [6.45, 7) is 3.98. The van der Waals surface area contributed by atoms with Crippen LogP contribution in [-0.4, -0.2) is 16.9 Å². The van der Waals surface area contributed by atoms with Gasteiger partial charge in [0.05, 0.1) is 22.8 Å². The summed E-state index contributed by atoms with van der Waals surface area (Å²) < 4.78 is 1.12. The molecule has 5 heteroatoms. The van der Waals surface area contributed by atoms with E-state index in [0.29, 0.717) is 13.0 Å². The van der Waals surface area contributed by atoms with Gasteiger partial charge in [-0.15, -0.1) is 17.9 Å². The van der Waals surface area contributed by atoms with E-state index >= 15 is 0 Å². The van der Waals surface area contributed by atoms with Gasteiger partial charge in [0.2, 0.25) is 5.91 Å². The molecule has 0 saturated heterocycles. The van der Waals surface area contributed by atoms with Crippen molar-refractivity contribution in [3.05, 3.63) is 41.9 Å². The minimum atomic E-state index is -0.531. The maximum Gasteiger partial charge on any atom is 0.237 e. The molecule has 0 saturated carbocycles. The number of carbonyl (C=O) groups excluding carboxylic acids is 1. The first-order chi connectivity index (χ1) is 8.70. The molecule has 0 fully saturated rings. The van der Waals surface area contributed by atoms with Crippen molar-refractivity contribution in [3.63, 3.8) is 0 Å². The maximum absolute atomic E-state index is 11.6. The smallest absolute Gasteiger partial charge is 0.237 e. The largest absolute Gasteiger partial charge is 0.348 e. The number of hydrogen-bond acceptors (Lipinski definition) is 4. The number of nitrogens with two attached hydrogens (primary N) is 1. The zero-order valence-electron chi connectivity index (χ0n) is 9.93. The quantitative estimate of drug-likeness (QED) is 0.807. The third kappa shape index (κ3) is 2.94. The van der Waals surface area contributed by atoms with Crippen molar-refractivity contribution in [2.45, 2.75) is 19.0 Å². The summed E-state index contributed by atoms with van der Waals surface area (Å²) in [6, 6.07) is 7.37. The van der Waals surface area contributed by atoms with E-state index in [1.165, 1.54) is 0 Å². The lowest BCUT2D eigenvalue weighted by Crippen LogP contribution is -2.39. The second kappa shape index (κ2) is 5.75. The van der Waals surface area contributed by atoms with Crippen molar-refractivity contribution in [2.24, 2.45) is 5.73 Å². The van der Waals surface area contributed by atoms with Crippen LogP contribution in [0.3, 0.4) is 0 Å². The summed E-state index contributed by atoms with van der Waals surface area (Å²) in [4.78, 5) is 16.0. The number of para-hydroxylation sites is 1. The topological polar surface area (TPSA) is 68.0 Å². The Labute approximate surface area is 110 Å². The van der Waals surface area contributed by atoms with Gasteiger partial charge in [-0.05, 0) is 18.6 Å². The number of fused-ring (bicyclic) bond motifs is 1.